The zero-order valence-electron chi connectivity index (χ0n) is 7.64. The molecule has 0 amide bonds. The van der Waals surface area contributed by atoms with Gasteiger partial charge in [-0.25, -0.2) is 0 Å². The first-order valence-corrected chi connectivity index (χ1v) is 4.35. The van der Waals surface area contributed by atoms with Crippen molar-refractivity contribution in [2.24, 2.45) is 0 Å². The van der Waals surface area contributed by atoms with Crippen LogP contribution in [0.1, 0.15) is 39.5 Å². The minimum Gasteiger partial charge on any atom is -0.390 e. The van der Waals surface area contributed by atoms with Crippen LogP contribution in [0.5, 0.6) is 0 Å². The highest BCUT2D eigenvalue weighted by atomic mass is 16.3. The highest BCUT2D eigenvalue weighted by Gasteiger charge is 2.20. The van der Waals surface area contributed by atoms with Gasteiger partial charge in [0.1, 0.15) is 0 Å². The molecular formula is C10H19O. The normalized spacial score (nSPS) is 12.7. The second-order valence-corrected chi connectivity index (χ2v) is 2.94. The molecular weight excluding hydrogens is 136 g/mol. The van der Waals surface area contributed by atoms with Crippen LogP contribution in [-0.4, -0.2) is 10.7 Å². The lowest BCUT2D eigenvalue weighted by molar-refractivity contribution is 0.0246. The SMILES string of the molecule is [CH2]/C=C/CCC(O)(CC)CC. The Hall–Kier alpha value is -0.300. The molecule has 0 fully saturated rings. The van der Waals surface area contributed by atoms with Crippen molar-refractivity contribution in [2.75, 3.05) is 0 Å². The van der Waals surface area contributed by atoms with Crippen LogP contribution in [-0.2, 0) is 0 Å². The molecule has 1 heteroatoms. The van der Waals surface area contributed by atoms with E-state index in [1.165, 1.54) is 0 Å². The van der Waals surface area contributed by atoms with Crippen molar-refractivity contribution in [3.8, 4) is 0 Å². The molecule has 0 aliphatic carbocycles. The van der Waals surface area contributed by atoms with Crippen LogP contribution in [0.25, 0.3) is 0 Å². The third kappa shape index (κ3) is 4.20. The van der Waals surface area contributed by atoms with E-state index < -0.39 is 5.60 Å². The summed E-state index contributed by atoms with van der Waals surface area (Å²) in [5, 5.41) is 9.80. The molecule has 0 aliphatic rings. The van der Waals surface area contributed by atoms with E-state index in [1.54, 1.807) is 6.08 Å². The first kappa shape index (κ1) is 10.7. The monoisotopic (exact) mass is 155 g/mol. The van der Waals surface area contributed by atoms with Crippen LogP contribution in [0.2, 0.25) is 0 Å². The smallest absolute Gasteiger partial charge is 0.0645 e. The number of hydrogen-bond acceptors (Lipinski definition) is 1. The Morgan fingerprint density at radius 2 is 1.91 bits per heavy atom. The molecule has 1 radical (unpaired) electrons. The number of hydrogen-bond donors (Lipinski definition) is 1. The minimum atomic E-state index is -0.445. The molecule has 0 aliphatic heterocycles. The van der Waals surface area contributed by atoms with Gasteiger partial charge in [-0.15, -0.1) is 0 Å². The van der Waals surface area contributed by atoms with Crippen molar-refractivity contribution in [2.45, 2.75) is 45.1 Å². The van der Waals surface area contributed by atoms with Gasteiger partial charge in [0.25, 0.3) is 0 Å². The summed E-state index contributed by atoms with van der Waals surface area (Å²) < 4.78 is 0. The molecule has 1 nitrogen and oxygen atoms in total. The molecule has 0 atom stereocenters. The van der Waals surface area contributed by atoms with Crippen LogP contribution >= 0.6 is 0 Å². The quantitative estimate of drug-likeness (QED) is 0.647. The molecule has 0 bridgehead atoms. The Morgan fingerprint density at radius 1 is 1.36 bits per heavy atom. The molecule has 0 unspecified atom stereocenters. The van der Waals surface area contributed by atoms with Crippen molar-refractivity contribution < 1.29 is 5.11 Å². The maximum atomic E-state index is 9.80. The lowest BCUT2D eigenvalue weighted by atomic mass is 9.92. The lowest BCUT2D eigenvalue weighted by Crippen LogP contribution is -2.25. The zero-order chi connectivity index (χ0) is 8.74. The summed E-state index contributed by atoms with van der Waals surface area (Å²) in [5.41, 5.74) is -0.445. The molecule has 0 aromatic heterocycles. The number of rotatable bonds is 5. The Morgan fingerprint density at radius 3 is 2.27 bits per heavy atom. The van der Waals surface area contributed by atoms with Gasteiger partial charge in [0, 0.05) is 0 Å². The molecule has 0 rings (SSSR count). The van der Waals surface area contributed by atoms with Gasteiger partial charge in [0.2, 0.25) is 0 Å². The topological polar surface area (TPSA) is 20.2 Å². The van der Waals surface area contributed by atoms with Gasteiger partial charge in [0.05, 0.1) is 5.60 Å². The summed E-state index contributed by atoms with van der Waals surface area (Å²) in [6.45, 7) is 7.65. The number of allylic oxidation sites excluding steroid dienone is 2. The molecule has 0 saturated heterocycles. The van der Waals surface area contributed by atoms with Gasteiger partial charge in [-0.2, -0.15) is 0 Å². The summed E-state index contributed by atoms with van der Waals surface area (Å²) in [5.74, 6) is 0. The molecule has 65 valence electrons. The molecule has 0 spiro atoms. The average molecular weight is 155 g/mol. The summed E-state index contributed by atoms with van der Waals surface area (Å²) in [6.07, 6.45) is 7.25. The maximum Gasteiger partial charge on any atom is 0.0645 e. The van der Waals surface area contributed by atoms with Gasteiger partial charge >= 0.3 is 0 Å². The van der Waals surface area contributed by atoms with Crippen LogP contribution in [0.3, 0.4) is 0 Å². The summed E-state index contributed by atoms with van der Waals surface area (Å²) in [6, 6.07) is 0. The highest BCUT2D eigenvalue weighted by molar-refractivity contribution is 4.87. The fourth-order valence-electron chi connectivity index (χ4n) is 1.07. The Kier molecular flexibility index (Phi) is 5.22. The van der Waals surface area contributed by atoms with E-state index in [-0.39, 0.29) is 0 Å². The third-order valence-electron chi connectivity index (χ3n) is 2.26. The summed E-state index contributed by atoms with van der Waals surface area (Å²) >= 11 is 0. The van der Waals surface area contributed by atoms with Crippen molar-refractivity contribution >= 4 is 0 Å². The standard InChI is InChI=1S/C10H19O/c1-4-7-8-9-10(11,5-2)6-3/h4,7,11H,1,5-6,8-9H2,2-3H3/b7-4+. The van der Waals surface area contributed by atoms with Crippen molar-refractivity contribution in [3.05, 3.63) is 19.1 Å². The van der Waals surface area contributed by atoms with E-state index in [0.717, 1.165) is 25.7 Å². The van der Waals surface area contributed by atoms with Gasteiger partial charge in [-0.1, -0.05) is 26.0 Å². The third-order valence-corrected chi connectivity index (χ3v) is 2.26. The Balaban J connectivity index is 3.68. The molecule has 0 aromatic rings. The molecule has 1 N–H and O–H groups in total. The lowest BCUT2D eigenvalue weighted by Gasteiger charge is -2.24. The van der Waals surface area contributed by atoms with Gasteiger partial charge in [-0.05, 0) is 32.6 Å². The Bertz CT molecular complexity index is 112. The predicted molar refractivity (Wildman–Crippen MR) is 49.3 cm³/mol. The van der Waals surface area contributed by atoms with Crippen LogP contribution in [0.15, 0.2) is 12.2 Å². The molecule has 0 heterocycles. The first-order valence-electron chi connectivity index (χ1n) is 4.35. The molecule has 11 heavy (non-hydrogen) atoms. The summed E-state index contributed by atoms with van der Waals surface area (Å²) in [4.78, 5) is 0. The second-order valence-electron chi connectivity index (χ2n) is 2.94. The van der Waals surface area contributed by atoms with Crippen LogP contribution in [0.4, 0.5) is 0 Å². The molecule has 0 saturated carbocycles. The van der Waals surface area contributed by atoms with E-state index in [4.69, 9.17) is 0 Å². The van der Waals surface area contributed by atoms with Gasteiger partial charge in [0.15, 0.2) is 0 Å². The van der Waals surface area contributed by atoms with Crippen LogP contribution < -0.4 is 0 Å². The zero-order valence-corrected chi connectivity index (χ0v) is 7.64. The van der Waals surface area contributed by atoms with E-state index in [1.807, 2.05) is 19.9 Å². The largest absolute Gasteiger partial charge is 0.390 e. The average Bonchev–Trinajstić information content (AvgIpc) is 2.05. The minimum absolute atomic E-state index is 0.445. The Labute approximate surface area is 70.1 Å². The van der Waals surface area contributed by atoms with E-state index in [2.05, 4.69) is 6.92 Å². The van der Waals surface area contributed by atoms with Gasteiger partial charge < -0.3 is 5.11 Å². The van der Waals surface area contributed by atoms with Crippen molar-refractivity contribution in [1.29, 1.82) is 0 Å². The maximum absolute atomic E-state index is 9.80. The second kappa shape index (κ2) is 5.36. The number of aliphatic hydroxyl groups is 1. The van der Waals surface area contributed by atoms with E-state index >= 15 is 0 Å². The summed E-state index contributed by atoms with van der Waals surface area (Å²) in [7, 11) is 0. The van der Waals surface area contributed by atoms with Crippen LogP contribution in [0, 0.1) is 6.92 Å². The highest BCUT2D eigenvalue weighted by Crippen LogP contribution is 2.20. The van der Waals surface area contributed by atoms with E-state index in [9.17, 15) is 5.11 Å². The fraction of sp³-hybridized carbons (Fsp3) is 0.700. The predicted octanol–water partition coefficient (Wildman–Crippen LogP) is 2.71. The van der Waals surface area contributed by atoms with E-state index in [0.29, 0.717) is 0 Å². The molecule has 0 aromatic carbocycles. The van der Waals surface area contributed by atoms with Crippen molar-refractivity contribution in [1.82, 2.24) is 0 Å². The first-order chi connectivity index (χ1) is 5.18. The fourth-order valence-corrected chi connectivity index (χ4v) is 1.07. The van der Waals surface area contributed by atoms with Gasteiger partial charge in [-0.3, -0.25) is 0 Å². The van der Waals surface area contributed by atoms with Crippen molar-refractivity contribution in [3.63, 3.8) is 0 Å².